The van der Waals surface area contributed by atoms with Crippen molar-refractivity contribution in [1.29, 1.82) is 0 Å². The molecule has 2 aliphatic rings. The van der Waals surface area contributed by atoms with Crippen molar-refractivity contribution in [3.63, 3.8) is 0 Å². The second kappa shape index (κ2) is 11.2. The first-order chi connectivity index (χ1) is 23.8. The molecule has 2 aliphatic heterocycles. The van der Waals surface area contributed by atoms with E-state index in [-0.39, 0.29) is 0 Å². The molecule has 0 saturated carbocycles. The molecule has 0 fully saturated rings. The molecular formula is C46H39NSi2. The van der Waals surface area contributed by atoms with E-state index >= 15 is 0 Å². The van der Waals surface area contributed by atoms with Gasteiger partial charge in [-0.25, -0.2) is 0 Å². The zero-order chi connectivity index (χ0) is 33.3. The fourth-order valence-corrected chi connectivity index (χ4v) is 14.6. The van der Waals surface area contributed by atoms with Crippen LogP contribution in [0.5, 0.6) is 0 Å². The van der Waals surface area contributed by atoms with Gasteiger partial charge in [0.25, 0.3) is 0 Å². The van der Waals surface area contributed by atoms with Crippen molar-refractivity contribution in [2.24, 2.45) is 0 Å². The van der Waals surface area contributed by atoms with Gasteiger partial charge in [0.15, 0.2) is 0 Å². The first-order valence-corrected chi connectivity index (χ1v) is 23.4. The van der Waals surface area contributed by atoms with E-state index < -0.39 is 16.1 Å². The van der Waals surface area contributed by atoms with E-state index in [2.05, 4.69) is 195 Å². The lowest BCUT2D eigenvalue weighted by molar-refractivity contribution is 1.29. The average molecular weight is 662 g/mol. The molecule has 0 atom stereocenters. The number of hydrogen-bond donors (Lipinski definition) is 0. The molecule has 1 nitrogen and oxygen atoms in total. The Labute approximate surface area is 292 Å². The molecule has 0 spiro atoms. The van der Waals surface area contributed by atoms with Crippen LogP contribution in [0.4, 0.5) is 17.1 Å². The van der Waals surface area contributed by atoms with Crippen LogP contribution in [0.2, 0.25) is 26.2 Å². The molecule has 0 N–H and O–H groups in total. The second-order valence-corrected chi connectivity index (χ2v) is 23.3. The van der Waals surface area contributed by atoms with E-state index in [1.165, 1.54) is 77.1 Å². The van der Waals surface area contributed by atoms with Crippen LogP contribution in [0.1, 0.15) is 0 Å². The average Bonchev–Trinajstić information content (AvgIpc) is 3.51. The normalized spacial score (nSPS) is 14.4. The maximum absolute atomic E-state index is 2.52. The highest BCUT2D eigenvalue weighted by Crippen LogP contribution is 2.40. The molecular weight excluding hydrogens is 623 g/mol. The van der Waals surface area contributed by atoms with Crippen LogP contribution in [-0.4, -0.2) is 16.1 Å². The monoisotopic (exact) mass is 661 g/mol. The van der Waals surface area contributed by atoms with Gasteiger partial charge >= 0.3 is 0 Å². The summed E-state index contributed by atoms with van der Waals surface area (Å²) >= 11 is 0. The van der Waals surface area contributed by atoms with Gasteiger partial charge in [0.2, 0.25) is 0 Å². The summed E-state index contributed by atoms with van der Waals surface area (Å²) in [6, 6.07) is 61.3. The van der Waals surface area contributed by atoms with Crippen LogP contribution in [-0.2, 0) is 0 Å². The summed E-state index contributed by atoms with van der Waals surface area (Å²) in [7, 11) is -3.79. The highest BCUT2D eigenvalue weighted by Gasteiger charge is 2.39. The number of rotatable bonds is 5. The molecule has 7 aromatic carbocycles. The van der Waals surface area contributed by atoms with Gasteiger partial charge in [0, 0.05) is 17.1 Å². The van der Waals surface area contributed by atoms with Gasteiger partial charge in [-0.3, -0.25) is 0 Å². The van der Waals surface area contributed by atoms with Crippen LogP contribution in [0.25, 0.3) is 44.5 Å². The Bertz CT molecular complexity index is 2370. The van der Waals surface area contributed by atoms with Crippen molar-refractivity contribution < 1.29 is 0 Å². The largest absolute Gasteiger partial charge is 0.311 e. The van der Waals surface area contributed by atoms with E-state index in [0.29, 0.717) is 0 Å². The quantitative estimate of drug-likeness (QED) is 0.166. The highest BCUT2D eigenvalue weighted by atomic mass is 28.3. The first kappa shape index (κ1) is 29.9. The van der Waals surface area contributed by atoms with Gasteiger partial charge in [0.05, 0.1) is 0 Å². The van der Waals surface area contributed by atoms with Crippen LogP contribution >= 0.6 is 0 Å². The third-order valence-corrected chi connectivity index (χ3v) is 18.2. The maximum atomic E-state index is 2.52. The standard InChI is InChI=1S/C46H39NSi2/c1-48(2)43-18-12-11-17-39(43)40-26-24-37(30-45(40)48)47(36-22-19-34(20-23-36)32-13-7-5-8-14-32)38-25-27-41-42-29-35(33-15-9-6-10-16-33)21-28-44(42)49(3,4)46(41)31-38/h5-31H,1-4H3. The fourth-order valence-electron chi connectivity index (χ4n) is 8.40. The minimum Gasteiger partial charge on any atom is -0.311 e. The second-order valence-electron chi connectivity index (χ2n) is 14.6. The summed E-state index contributed by atoms with van der Waals surface area (Å²) in [5.41, 5.74) is 14.3. The van der Waals surface area contributed by atoms with Crippen LogP contribution in [0, 0.1) is 0 Å². The molecule has 0 aromatic heterocycles. The first-order valence-electron chi connectivity index (χ1n) is 17.4. The minimum atomic E-state index is -1.94. The lowest BCUT2D eigenvalue weighted by atomic mass is 9.99. The van der Waals surface area contributed by atoms with Crippen LogP contribution < -0.4 is 25.6 Å². The van der Waals surface area contributed by atoms with Crippen molar-refractivity contribution in [3.05, 3.63) is 164 Å². The Morgan fingerprint density at radius 3 is 1.35 bits per heavy atom. The van der Waals surface area contributed by atoms with Gasteiger partial charge in [-0.2, -0.15) is 0 Å². The van der Waals surface area contributed by atoms with Crippen molar-refractivity contribution in [1.82, 2.24) is 0 Å². The Balaban J connectivity index is 1.19. The van der Waals surface area contributed by atoms with Crippen molar-refractivity contribution in [2.75, 3.05) is 4.90 Å². The Morgan fingerprint density at radius 2 is 0.735 bits per heavy atom. The number of fused-ring (bicyclic) bond motifs is 6. The molecule has 49 heavy (non-hydrogen) atoms. The van der Waals surface area contributed by atoms with E-state index in [4.69, 9.17) is 0 Å². The molecule has 0 bridgehead atoms. The number of nitrogens with zero attached hydrogens (tertiary/aromatic N) is 1. The molecule has 2 heterocycles. The van der Waals surface area contributed by atoms with E-state index in [1.54, 1.807) is 5.19 Å². The summed E-state index contributed by atoms with van der Waals surface area (Å²) in [5, 5.41) is 6.10. The zero-order valence-corrected chi connectivity index (χ0v) is 30.5. The topological polar surface area (TPSA) is 3.24 Å². The number of benzene rings is 7. The van der Waals surface area contributed by atoms with Gasteiger partial charge in [-0.05, 0) is 108 Å². The highest BCUT2D eigenvalue weighted by molar-refractivity contribution is 7.04. The molecule has 3 heteroatoms. The summed E-state index contributed by atoms with van der Waals surface area (Å²) in [4.78, 5) is 2.49. The summed E-state index contributed by atoms with van der Waals surface area (Å²) in [5.74, 6) is 0. The Morgan fingerprint density at radius 1 is 0.306 bits per heavy atom. The summed E-state index contributed by atoms with van der Waals surface area (Å²) in [6.45, 7) is 10.0. The van der Waals surface area contributed by atoms with Crippen molar-refractivity contribution in [2.45, 2.75) is 26.2 Å². The van der Waals surface area contributed by atoms with Gasteiger partial charge in [-0.1, -0.05) is 148 Å². The zero-order valence-electron chi connectivity index (χ0n) is 28.5. The maximum Gasteiger partial charge on any atom is 0.113 e. The van der Waals surface area contributed by atoms with Crippen LogP contribution in [0.3, 0.4) is 0 Å². The van der Waals surface area contributed by atoms with Crippen LogP contribution in [0.15, 0.2) is 164 Å². The minimum absolute atomic E-state index is 1.18. The molecule has 0 aliphatic carbocycles. The summed E-state index contributed by atoms with van der Waals surface area (Å²) < 4.78 is 0. The predicted molar refractivity (Wildman–Crippen MR) is 216 cm³/mol. The van der Waals surface area contributed by atoms with E-state index in [1.807, 2.05) is 0 Å². The van der Waals surface area contributed by atoms with Crippen molar-refractivity contribution in [3.8, 4) is 44.5 Å². The molecule has 0 radical (unpaired) electrons. The fraction of sp³-hybridized carbons (Fsp3) is 0.0870. The summed E-state index contributed by atoms with van der Waals surface area (Å²) in [6.07, 6.45) is 0. The number of anilines is 3. The predicted octanol–water partition coefficient (Wildman–Crippen LogP) is 10.1. The number of hydrogen-bond acceptors (Lipinski definition) is 1. The third-order valence-electron chi connectivity index (χ3n) is 11.1. The molecule has 0 saturated heterocycles. The lowest BCUT2D eigenvalue weighted by Crippen LogP contribution is -2.49. The van der Waals surface area contributed by atoms with Gasteiger partial charge in [0.1, 0.15) is 16.1 Å². The van der Waals surface area contributed by atoms with Crippen molar-refractivity contribution >= 4 is 54.0 Å². The molecule has 7 aromatic rings. The lowest BCUT2D eigenvalue weighted by Gasteiger charge is -2.29. The molecule has 9 rings (SSSR count). The molecule has 0 unspecified atom stereocenters. The molecule has 0 amide bonds. The van der Waals surface area contributed by atoms with Gasteiger partial charge in [-0.15, -0.1) is 0 Å². The smallest absolute Gasteiger partial charge is 0.113 e. The third kappa shape index (κ3) is 4.72. The Hall–Kier alpha value is -5.23. The van der Waals surface area contributed by atoms with E-state index in [0.717, 1.165) is 0 Å². The SMILES string of the molecule is C[Si]1(C)c2ccccc2-c2ccc(N(c3ccc(-c4ccccc4)cc3)c3ccc4c(c3)[Si](C)(C)c3ccc(-c5ccccc5)cc3-4)cc21. The van der Waals surface area contributed by atoms with Gasteiger partial charge < -0.3 is 4.90 Å². The van der Waals surface area contributed by atoms with E-state index in [9.17, 15) is 0 Å². The molecule has 236 valence electrons. The Kier molecular flexibility index (Phi) is 6.81.